The number of carbonyl (C=O) groups excluding carboxylic acids is 1. The molecule has 1 saturated heterocycles. The molecule has 0 radical (unpaired) electrons. The molecule has 2 aromatic rings. The van der Waals surface area contributed by atoms with Crippen LogP contribution in [0.4, 0.5) is 0 Å². The number of nitrogens with zero attached hydrogens (tertiary/aromatic N) is 4. The first-order valence-electron chi connectivity index (χ1n) is 8.99. The Labute approximate surface area is 161 Å². The molecule has 3 heterocycles. The quantitative estimate of drug-likeness (QED) is 0.784. The van der Waals surface area contributed by atoms with Gasteiger partial charge < -0.3 is 15.1 Å². The lowest BCUT2D eigenvalue weighted by molar-refractivity contribution is 0.0690. The van der Waals surface area contributed by atoms with Crippen LogP contribution in [0.25, 0.3) is 5.65 Å². The monoisotopic (exact) mass is 424 g/mol. The van der Waals surface area contributed by atoms with Crippen LogP contribution >= 0.6 is 15.9 Å². The van der Waals surface area contributed by atoms with Gasteiger partial charge in [-0.1, -0.05) is 12.8 Å². The van der Waals surface area contributed by atoms with Crippen molar-refractivity contribution in [2.75, 3.05) is 19.8 Å². The van der Waals surface area contributed by atoms with E-state index in [1.807, 2.05) is 4.90 Å². The Morgan fingerprint density at radius 3 is 2.73 bits per heavy atom. The molecule has 7 nitrogen and oxygen atoms in total. The number of halogens is 1. The largest absolute Gasteiger partial charge is 0.395 e. The molecule has 0 aliphatic carbocycles. The predicted octanol–water partition coefficient (Wildman–Crippen LogP) is 2.14. The minimum Gasteiger partial charge on any atom is -0.395 e. The normalized spacial score (nSPS) is 19.0. The number of hydrogen-bond acceptors (Lipinski definition) is 5. The summed E-state index contributed by atoms with van der Waals surface area (Å²) in [7, 11) is 0. The highest BCUT2D eigenvalue weighted by atomic mass is 79.9. The lowest BCUT2D eigenvalue weighted by Crippen LogP contribution is -2.39. The molecule has 0 saturated carbocycles. The second-order valence-electron chi connectivity index (χ2n) is 7.34. The second-order valence-corrected chi connectivity index (χ2v) is 8.15. The van der Waals surface area contributed by atoms with Crippen molar-refractivity contribution in [3.63, 3.8) is 0 Å². The molecular formula is C18H25BrN4O3. The van der Waals surface area contributed by atoms with Gasteiger partial charge in [0.05, 0.1) is 24.3 Å². The van der Waals surface area contributed by atoms with Gasteiger partial charge in [-0.25, -0.2) is 9.50 Å². The standard InChI is InChI=1S/C18H25BrN4O3/c1-12-6-4-3-5-7-22(12)17(26)13-8-14(18(2,10-24)11-25)23-16(20-13)9-15(19)21-23/h8-9,12,24-25H,3-7,10-11H2,1-2H3/t12-/m1/s1. The van der Waals surface area contributed by atoms with Crippen LogP contribution in [0.2, 0.25) is 0 Å². The fraction of sp³-hybridized carbons (Fsp3) is 0.611. The van der Waals surface area contributed by atoms with E-state index in [2.05, 4.69) is 32.9 Å². The van der Waals surface area contributed by atoms with Gasteiger partial charge in [0.1, 0.15) is 10.3 Å². The Bertz CT molecular complexity index is 803. The van der Waals surface area contributed by atoms with E-state index >= 15 is 0 Å². The molecule has 1 amide bonds. The zero-order valence-corrected chi connectivity index (χ0v) is 16.7. The van der Waals surface area contributed by atoms with Crippen LogP contribution in [-0.2, 0) is 5.41 Å². The van der Waals surface area contributed by atoms with E-state index in [1.54, 1.807) is 23.6 Å². The summed E-state index contributed by atoms with van der Waals surface area (Å²) in [6, 6.07) is 3.55. The first-order valence-corrected chi connectivity index (χ1v) is 9.78. The number of fused-ring (bicyclic) bond motifs is 1. The molecule has 2 N–H and O–H groups in total. The average Bonchev–Trinajstić information content (AvgIpc) is 2.88. The third kappa shape index (κ3) is 3.50. The summed E-state index contributed by atoms with van der Waals surface area (Å²) in [6.07, 6.45) is 4.25. The van der Waals surface area contributed by atoms with Gasteiger partial charge in [-0.2, -0.15) is 5.10 Å². The van der Waals surface area contributed by atoms with E-state index in [9.17, 15) is 15.0 Å². The van der Waals surface area contributed by atoms with Crippen LogP contribution in [-0.4, -0.2) is 61.4 Å². The van der Waals surface area contributed by atoms with Crippen LogP contribution in [0.15, 0.2) is 16.7 Å². The van der Waals surface area contributed by atoms with E-state index in [1.165, 1.54) is 0 Å². The summed E-state index contributed by atoms with van der Waals surface area (Å²) < 4.78 is 2.15. The summed E-state index contributed by atoms with van der Waals surface area (Å²) in [5.41, 5.74) is 0.450. The summed E-state index contributed by atoms with van der Waals surface area (Å²) in [5, 5.41) is 24.0. The molecule has 2 aromatic heterocycles. The number of aliphatic hydroxyl groups excluding tert-OH is 2. The Morgan fingerprint density at radius 2 is 2.04 bits per heavy atom. The Morgan fingerprint density at radius 1 is 1.31 bits per heavy atom. The smallest absolute Gasteiger partial charge is 0.272 e. The van der Waals surface area contributed by atoms with E-state index < -0.39 is 5.41 Å². The van der Waals surface area contributed by atoms with Gasteiger partial charge in [-0.15, -0.1) is 0 Å². The van der Waals surface area contributed by atoms with Gasteiger partial charge in [0.2, 0.25) is 0 Å². The van der Waals surface area contributed by atoms with E-state index in [0.717, 1.165) is 32.2 Å². The van der Waals surface area contributed by atoms with Crippen LogP contribution in [0.5, 0.6) is 0 Å². The maximum absolute atomic E-state index is 13.2. The van der Waals surface area contributed by atoms with Crippen molar-refractivity contribution in [2.24, 2.45) is 0 Å². The lowest BCUT2D eigenvalue weighted by Gasteiger charge is -2.29. The average molecular weight is 425 g/mol. The maximum atomic E-state index is 13.2. The summed E-state index contributed by atoms with van der Waals surface area (Å²) in [5.74, 6) is -0.112. The molecule has 142 valence electrons. The van der Waals surface area contributed by atoms with Crippen LogP contribution in [0.1, 0.15) is 55.7 Å². The molecule has 0 unspecified atom stereocenters. The van der Waals surface area contributed by atoms with Crippen LogP contribution in [0.3, 0.4) is 0 Å². The van der Waals surface area contributed by atoms with Gasteiger partial charge in [-0.05, 0) is 48.7 Å². The molecule has 1 aliphatic heterocycles. The number of amides is 1. The Hall–Kier alpha value is -1.51. The lowest BCUT2D eigenvalue weighted by atomic mass is 9.88. The predicted molar refractivity (Wildman–Crippen MR) is 101 cm³/mol. The third-order valence-corrected chi connectivity index (χ3v) is 5.63. The number of rotatable bonds is 4. The van der Waals surface area contributed by atoms with Crippen LogP contribution < -0.4 is 0 Å². The van der Waals surface area contributed by atoms with Gasteiger partial charge in [0.15, 0.2) is 5.65 Å². The van der Waals surface area contributed by atoms with E-state index in [0.29, 0.717) is 21.6 Å². The molecule has 0 spiro atoms. The third-order valence-electron chi connectivity index (χ3n) is 5.25. The SMILES string of the molecule is C[C@@H]1CCCCCN1C(=O)c1cc(C(C)(CO)CO)n2nc(Br)cc2n1. The van der Waals surface area contributed by atoms with E-state index in [4.69, 9.17) is 0 Å². The van der Waals surface area contributed by atoms with Crippen molar-refractivity contribution in [3.05, 3.63) is 28.1 Å². The fourth-order valence-corrected chi connectivity index (χ4v) is 3.79. The molecule has 1 fully saturated rings. The number of likely N-dealkylation sites (tertiary alicyclic amines) is 1. The highest BCUT2D eigenvalue weighted by molar-refractivity contribution is 9.10. The minimum atomic E-state index is -0.938. The summed E-state index contributed by atoms with van der Waals surface area (Å²) >= 11 is 3.34. The summed E-state index contributed by atoms with van der Waals surface area (Å²) in [4.78, 5) is 19.5. The first kappa shape index (κ1) is 19.3. The molecule has 26 heavy (non-hydrogen) atoms. The minimum absolute atomic E-state index is 0.112. The molecule has 0 aromatic carbocycles. The molecule has 8 heteroatoms. The van der Waals surface area contributed by atoms with Gasteiger partial charge in [0.25, 0.3) is 5.91 Å². The van der Waals surface area contributed by atoms with Crippen molar-refractivity contribution >= 4 is 27.5 Å². The van der Waals surface area contributed by atoms with Crippen molar-refractivity contribution < 1.29 is 15.0 Å². The van der Waals surface area contributed by atoms with Gasteiger partial charge >= 0.3 is 0 Å². The fourth-order valence-electron chi connectivity index (χ4n) is 3.42. The molecular weight excluding hydrogens is 400 g/mol. The Kier molecular flexibility index (Phi) is 5.64. The van der Waals surface area contributed by atoms with Crippen molar-refractivity contribution in [2.45, 2.75) is 51.0 Å². The molecule has 1 aliphatic rings. The Balaban J connectivity index is 2.10. The zero-order chi connectivity index (χ0) is 18.9. The molecule has 0 bridgehead atoms. The molecule has 1 atom stereocenters. The first-order chi connectivity index (χ1) is 12.4. The topological polar surface area (TPSA) is 91.0 Å². The van der Waals surface area contributed by atoms with Crippen molar-refractivity contribution in [1.29, 1.82) is 0 Å². The van der Waals surface area contributed by atoms with Gasteiger partial charge in [0, 0.05) is 18.7 Å². The number of aliphatic hydroxyl groups is 2. The van der Waals surface area contributed by atoms with Crippen molar-refractivity contribution in [1.82, 2.24) is 19.5 Å². The highest BCUT2D eigenvalue weighted by Crippen LogP contribution is 2.27. The molecule has 3 rings (SSSR count). The highest BCUT2D eigenvalue weighted by Gasteiger charge is 2.32. The van der Waals surface area contributed by atoms with E-state index in [-0.39, 0.29) is 25.2 Å². The number of aromatic nitrogens is 3. The van der Waals surface area contributed by atoms with Crippen LogP contribution in [0, 0.1) is 0 Å². The number of hydrogen-bond donors (Lipinski definition) is 2. The second kappa shape index (κ2) is 7.62. The maximum Gasteiger partial charge on any atom is 0.272 e. The van der Waals surface area contributed by atoms with Crippen molar-refractivity contribution in [3.8, 4) is 0 Å². The summed E-state index contributed by atoms with van der Waals surface area (Å²) in [6.45, 7) is 3.99. The zero-order valence-electron chi connectivity index (χ0n) is 15.2. The van der Waals surface area contributed by atoms with Gasteiger partial charge in [-0.3, -0.25) is 4.79 Å². The number of carbonyl (C=O) groups is 1.